The number of aliphatic hydroxyl groups is 1. The van der Waals surface area contributed by atoms with Gasteiger partial charge in [0, 0.05) is 33.3 Å². The summed E-state index contributed by atoms with van der Waals surface area (Å²) in [6.07, 6.45) is 2.65. The van der Waals surface area contributed by atoms with Gasteiger partial charge in [-0.1, -0.05) is 0 Å². The summed E-state index contributed by atoms with van der Waals surface area (Å²) < 4.78 is 29.0. The van der Waals surface area contributed by atoms with Gasteiger partial charge in [-0.25, -0.2) is 19.0 Å². The molecule has 0 fully saturated rings. The van der Waals surface area contributed by atoms with Crippen LogP contribution in [0.4, 0.5) is 52.1 Å². The standard InChI is InChI=1S/C25H29N17O5.C12H15N9O.C6H9N3O2/c1-10-15(22(45)46-6)21(40(5)36-10)35-33-17-12(3)38-42(19(17)27)24-29-23(30-25(31-24)47-7)41-18(26)16(11(2)37-41)32-34-20-13(14(44)9-43)8-28-39(20)4;1-6-4-8(13)20(18-6)10-15-11(17-12(16-10)22-3)21-9(14)5-7(2)19-21;1-9-5(7)4(3-8-9)6(10)11-2/h8,43H,9,26-27H2,1-7H3;4-5H,13-14H2,1-3H3;3H,7H2,1-2H3. The normalized spacial score (nSPS) is 11.2. The van der Waals surface area contributed by atoms with Crippen molar-refractivity contribution in [2.24, 2.45) is 41.6 Å². The molecule has 0 amide bonds. The fraction of sp³-hybridized carbons (Fsp3) is 0.302. The molecule has 0 bridgehead atoms. The van der Waals surface area contributed by atoms with Crippen LogP contribution in [0.3, 0.4) is 0 Å². The van der Waals surface area contributed by atoms with Crippen molar-refractivity contribution >= 4 is 69.8 Å². The lowest BCUT2D eigenvalue weighted by Crippen LogP contribution is -2.14. The Kier molecular flexibility index (Phi) is 16.6. The van der Waals surface area contributed by atoms with Crippen LogP contribution in [0.5, 0.6) is 12.0 Å². The first-order valence-electron chi connectivity index (χ1n) is 23.0. The molecule has 37 heteroatoms. The number of carbonyl (C=O) groups excluding carboxylic acids is 3. The average Bonchev–Trinajstić information content (AvgIpc) is 4.41. The first-order chi connectivity index (χ1) is 38.0. The quantitative estimate of drug-likeness (QED) is 0.0509. The number of nitrogens with zero attached hydrogens (tertiary/aromatic N) is 24. The van der Waals surface area contributed by atoms with E-state index in [1.807, 2.05) is 13.8 Å². The van der Waals surface area contributed by atoms with Crippen molar-refractivity contribution in [3.05, 3.63) is 69.7 Å². The fourth-order valence-electron chi connectivity index (χ4n) is 7.06. The van der Waals surface area contributed by atoms with Crippen LogP contribution in [0, 0.1) is 34.6 Å². The van der Waals surface area contributed by atoms with Crippen LogP contribution in [-0.2, 0) is 30.6 Å². The van der Waals surface area contributed by atoms with Gasteiger partial charge in [-0.05, 0) is 34.6 Å². The van der Waals surface area contributed by atoms with E-state index in [1.165, 1.54) is 73.6 Å². The number of carbonyl (C=O) groups is 3. The second-order valence-corrected chi connectivity index (χ2v) is 16.5. The van der Waals surface area contributed by atoms with Crippen molar-refractivity contribution in [3.8, 4) is 35.8 Å². The average molecular weight is 1100 g/mol. The van der Waals surface area contributed by atoms with Gasteiger partial charge in [0.1, 0.15) is 35.2 Å². The zero-order valence-electron chi connectivity index (χ0n) is 44.9. The molecule has 418 valence electrons. The van der Waals surface area contributed by atoms with E-state index in [2.05, 4.69) is 90.8 Å². The highest BCUT2D eigenvalue weighted by molar-refractivity contribution is 6.00. The summed E-state index contributed by atoms with van der Waals surface area (Å²) in [5.74, 6) is 0.0309. The predicted molar refractivity (Wildman–Crippen MR) is 279 cm³/mol. The number of ether oxygens (including phenoxy) is 4. The van der Waals surface area contributed by atoms with Gasteiger partial charge < -0.3 is 52.7 Å². The Labute approximate surface area is 451 Å². The van der Waals surface area contributed by atoms with Gasteiger partial charge in [0.25, 0.3) is 23.8 Å². The first-order valence-corrected chi connectivity index (χ1v) is 23.0. The summed E-state index contributed by atoms with van der Waals surface area (Å²) >= 11 is 0. The maximum Gasteiger partial charge on any atom is 0.343 e. The van der Waals surface area contributed by atoms with E-state index in [0.717, 1.165) is 11.4 Å². The Hall–Kier alpha value is -11.1. The van der Waals surface area contributed by atoms with E-state index in [1.54, 1.807) is 54.0 Å². The molecule has 9 aromatic heterocycles. The third kappa shape index (κ3) is 11.5. The minimum atomic E-state index is -0.720. The van der Waals surface area contributed by atoms with Crippen LogP contribution in [0.15, 0.2) is 45.0 Å². The van der Waals surface area contributed by atoms with Crippen molar-refractivity contribution in [2.75, 3.05) is 63.7 Å². The Morgan fingerprint density at radius 2 is 0.950 bits per heavy atom. The Bertz CT molecular complexity index is 3790. The number of anilines is 5. The lowest BCUT2D eigenvalue weighted by molar-refractivity contribution is 0.0592. The zero-order valence-corrected chi connectivity index (χ0v) is 44.9. The molecule has 37 nitrogen and oxygen atoms in total. The number of aliphatic hydroxyl groups excluding tert-OH is 1. The summed E-state index contributed by atoms with van der Waals surface area (Å²) in [4.78, 5) is 60.8. The zero-order chi connectivity index (χ0) is 58.4. The molecule has 80 heavy (non-hydrogen) atoms. The van der Waals surface area contributed by atoms with E-state index >= 15 is 0 Å². The molecule has 0 atom stereocenters. The van der Waals surface area contributed by atoms with Crippen molar-refractivity contribution in [1.82, 2.24) is 98.4 Å². The van der Waals surface area contributed by atoms with Gasteiger partial charge in [-0.15, -0.1) is 20.5 Å². The van der Waals surface area contributed by atoms with E-state index in [-0.39, 0.29) is 81.6 Å². The molecular formula is C43H53N29O8. The highest BCUT2D eigenvalue weighted by Crippen LogP contribution is 2.34. The molecule has 0 radical (unpaired) electrons. The van der Waals surface area contributed by atoms with Crippen LogP contribution < -0.4 is 38.1 Å². The second kappa shape index (κ2) is 23.4. The van der Waals surface area contributed by atoms with E-state index in [4.69, 9.17) is 42.9 Å². The molecule has 0 aliphatic heterocycles. The summed E-state index contributed by atoms with van der Waals surface area (Å²) in [6, 6.07) is 3.41. The number of Topliss-reactive ketones (excluding diaryl/α,β-unsaturated/α-hetero) is 1. The van der Waals surface area contributed by atoms with E-state index < -0.39 is 24.3 Å². The van der Waals surface area contributed by atoms with Gasteiger partial charge in [0.2, 0.25) is 0 Å². The summed E-state index contributed by atoms with van der Waals surface area (Å²) in [6.45, 7) is 7.84. The number of nitrogen functional groups attached to an aromatic ring is 5. The van der Waals surface area contributed by atoms with E-state index in [9.17, 15) is 19.5 Å². The molecule has 9 rings (SSSR count). The van der Waals surface area contributed by atoms with Crippen LogP contribution in [0.2, 0.25) is 0 Å². The monoisotopic (exact) mass is 1100 g/mol. The number of azo groups is 2. The molecule has 0 unspecified atom stereocenters. The largest absolute Gasteiger partial charge is 0.467 e. The van der Waals surface area contributed by atoms with Gasteiger partial charge in [-0.2, -0.15) is 84.3 Å². The minimum Gasteiger partial charge on any atom is -0.467 e. The summed E-state index contributed by atoms with van der Waals surface area (Å²) in [5.41, 5.74) is 33.6. The molecular weight excluding hydrogens is 1050 g/mol. The number of aryl methyl sites for hydroxylation is 8. The number of hydrogen-bond donors (Lipinski definition) is 6. The van der Waals surface area contributed by atoms with Crippen molar-refractivity contribution < 1.29 is 38.4 Å². The minimum absolute atomic E-state index is 0.00496. The Balaban J connectivity index is 0.000000228. The highest BCUT2D eigenvalue weighted by atomic mass is 16.5. The van der Waals surface area contributed by atoms with Gasteiger partial charge >= 0.3 is 24.0 Å². The molecule has 0 saturated heterocycles. The molecule has 0 saturated carbocycles. The van der Waals surface area contributed by atoms with Crippen molar-refractivity contribution in [1.29, 1.82) is 0 Å². The lowest BCUT2D eigenvalue weighted by Gasteiger charge is -2.08. The number of methoxy groups -OCH3 is 4. The Morgan fingerprint density at radius 3 is 1.35 bits per heavy atom. The number of rotatable bonds is 14. The lowest BCUT2D eigenvalue weighted by atomic mass is 10.2. The molecule has 0 spiro atoms. The molecule has 9 aromatic rings. The number of esters is 2. The van der Waals surface area contributed by atoms with Crippen LogP contribution in [0.25, 0.3) is 23.8 Å². The van der Waals surface area contributed by atoms with E-state index in [0.29, 0.717) is 40.1 Å². The highest BCUT2D eigenvalue weighted by Gasteiger charge is 2.25. The Morgan fingerprint density at radius 1 is 0.512 bits per heavy atom. The van der Waals surface area contributed by atoms with Crippen molar-refractivity contribution in [2.45, 2.75) is 34.6 Å². The number of hydrogen-bond acceptors (Lipinski definition) is 30. The number of nitrogens with two attached hydrogens (primary N) is 5. The predicted octanol–water partition coefficient (Wildman–Crippen LogP) is 1.42. The number of ketones is 1. The van der Waals surface area contributed by atoms with Crippen LogP contribution in [-0.4, -0.2) is 156 Å². The van der Waals surface area contributed by atoms with Gasteiger partial charge in [0.15, 0.2) is 40.4 Å². The smallest absolute Gasteiger partial charge is 0.343 e. The first kappa shape index (κ1) is 56.6. The molecule has 0 aliphatic rings. The molecule has 0 aromatic carbocycles. The topological polar surface area (TPSA) is 490 Å². The van der Waals surface area contributed by atoms with Crippen LogP contribution >= 0.6 is 0 Å². The fourth-order valence-corrected chi connectivity index (χ4v) is 7.06. The van der Waals surface area contributed by atoms with Crippen molar-refractivity contribution in [3.63, 3.8) is 0 Å². The summed E-state index contributed by atoms with van der Waals surface area (Å²) in [5, 5.41) is 55.3. The van der Waals surface area contributed by atoms with Gasteiger partial charge in [-0.3, -0.25) is 9.48 Å². The maximum absolute atomic E-state index is 12.3. The van der Waals surface area contributed by atoms with Crippen LogP contribution in [0.1, 0.15) is 59.5 Å². The SMILES string of the molecule is COC(=O)c1c(C)nn(C)c1N=Nc1c(C)nn(-c2nc(OC)nc(-n3nc(C)c(N=Nc4c(C(=O)CO)cnn4C)c3N)n2)c1N.COC(=O)c1cnn(C)c1N.COc1nc(-n2nc(C)cc2N)nc(-n2nc(C)cc2N)n1. The third-order valence-electron chi connectivity index (χ3n) is 11.0. The molecule has 11 N–H and O–H groups in total. The second-order valence-electron chi connectivity index (χ2n) is 16.5. The summed E-state index contributed by atoms with van der Waals surface area (Å²) in [7, 11) is 10.2. The molecule has 0 aliphatic carbocycles. The number of aromatic nitrogens is 20. The molecule has 9 heterocycles. The van der Waals surface area contributed by atoms with Gasteiger partial charge in [0.05, 0.1) is 74.9 Å². The maximum atomic E-state index is 12.3. The third-order valence-corrected chi connectivity index (χ3v) is 11.0.